The van der Waals surface area contributed by atoms with Crippen LogP contribution in [0.25, 0.3) is 17.4 Å². The lowest BCUT2D eigenvalue weighted by molar-refractivity contribution is 0.104. The first-order valence-corrected chi connectivity index (χ1v) is 13.8. The first-order valence-electron chi connectivity index (χ1n) is 12.3. The molecule has 188 valence electrons. The van der Waals surface area contributed by atoms with Crippen molar-refractivity contribution in [2.24, 2.45) is 0 Å². The van der Waals surface area contributed by atoms with Gasteiger partial charge >= 0.3 is 0 Å². The second-order valence-electron chi connectivity index (χ2n) is 9.06. The molecule has 2 heterocycles. The summed E-state index contributed by atoms with van der Waals surface area (Å²) in [5.74, 6) is 1.62. The summed E-state index contributed by atoms with van der Waals surface area (Å²) in [4.78, 5) is 20.5. The monoisotopic (exact) mass is 513 g/mol. The van der Waals surface area contributed by atoms with Gasteiger partial charge in [-0.2, -0.15) is 0 Å². The van der Waals surface area contributed by atoms with Crippen molar-refractivity contribution in [3.63, 3.8) is 0 Å². The van der Waals surface area contributed by atoms with Crippen molar-refractivity contribution < 1.29 is 17.6 Å². The minimum absolute atomic E-state index is 0.00347. The van der Waals surface area contributed by atoms with E-state index in [2.05, 4.69) is 26.8 Å². The molecule has 5 rings (SSSR count). The van der Waals surface area contributed by atoms with Gasteiger partial charge in [-0.1, -0.05) is 43.5 Å². The van der Waals surface area contributed by atoms with Crippen molar-refractivity contribution in [1.29, 1.82) is 0 Å². The Labute approximate surface area is 216 Å². The van der Waals surface area contributed by atoms with Crippen molar-refractivity contribution in [2.75, 3.05) is 4.72 Å². The molecule has 0 spiro atoms. The van der Waals surface area contributed by atoms with Crippen LogP contribution in [0.1, 0.15) is 59.7 Å². The molecule has 37 heavy (non-hydrogen) atoms. The smallest absolute Gasteiger partial charge is 0.264 e. The number of aromatic nitrogens is 2. The zero-order valence-corrected chi connectivity index (χ0v) is 21.0. The Morgan fingerprint density at radius 3 is 2.30 bits per heavy atom. The highest BCUT2D eigenvalue weighted by atomic mass is 32.2. The summed E-state index contributed by atoms with van der Waals surface area (Å²) < 4.78 is 33.3. The summed E-state index contributed by atoms with van der Waals surface area (Å²) in [6, 6.07) is 19.4. The normalized spacial score (nSPS) is 14.6. The predicted molar refractivity (Wildman–Crippen MR) is 143 cm³/mol. The van der Waals surface area contributed by atoms with E-state index in [1.54, 1.807) is 36.4 Å². The molecule has 0 atom stereocenters. The highest BCUT2D eigenvalue weighted by Crippen LogP contribution is 2.32. The average Bonchev–Trinajstić information content (AvgIpc) is 3.42. The number of sulfonamides is 1. The highest BCUT2D eigenvalue weighted by molar-refractivity contribution is 7.92. The summed E-state index contributed by atoms with van der Waals surface area (Å²) in [7, 11) is -3.82. The van der Waals surface area contributed by atoms with Crippen molar-refractivity contribution in [1.82, 2.24) is 9.97 Å². The molecule has 4 aromatic rings. The number of allylic oxidation sites excluding steroid dienone is 1. The molecular weight excluding hydrogens is 486 g/mol. The molecule has 1 aliphatic rings. The summed E-state index contributed by atoms with van der Waals surface area (Å²) in [6.45, 7) is 0. The minimum Gasteiger partial charge on any atom is -0.457 e. The maximum absolute atomic E-state index is 12.6. The van der Waals surface area contributed by atoms with Crippen LogP contribution in [0.2, 0.25) is 0 Å². The van der Waals surface area contributed by atoms with Crippen LogP contribution in [-0.2, 0) is 10.0 Å². The van der Waals surface area contributed by atoms with Gasteiger partial charge < -0.3 is 4.42 Å². The van der Waals surface area contributed by atoms with Crippen molar-refractivity contribution >= 4 is 27.8 Å². The number of hydrogen-bond donors (Lipinski definition) is 1. The summed E-state index contributed by atoms with van der Waals surface area (Å²) in [5, 5.41) is 0. The average molecular weight is 514 g/mol. The van der Waals surface area contributed by atoms with Gasteiger partial charge in [0.2, 0.25) is 5.95 Å². The quantitative estimate of drug-likeness (QED) is 0.214. The zero-order valence-electron chi connectivity index (χ0n) is 20.2. The largest absolute Gasteiger partial charge is 0.457 e. The molecule has 1 saturated carbocycles. The number of hydrogen-bond acceptors (Lipinski definition) is 6. The van der Waals surface area contributed by atoms with Crippen molar-refractivity contribution in [3.8, 4) is 11.3 Å². The van der Waals surface area contributed by atoms with E-state index in [1.807, 2.05) is 12.1 Å². The van der Waals surface area contributed by atoms with E-state index in [4.69, 9.17) is 4.42 Å². The molecule has 1 aliphatic carbocycles. The number of carbonyl (C=O) groups is 1. The van der Waals surface area contributed by atoms with E-state index in [1.165, 1.54) is 68.3 Å². The molecule has 0 amide bonds. The highest BCUT2D eigenvalue weighted by Gasteiger charge is 2.17. The van der Waals surface area contributed by atoms with Gasteiger partial charge in [-0.3, -0.25) is 4.79 Å². The third kappa shape index (κ3) is 6.03. The van der Waals surface area contributed by atoms with Crippen LogP contribution in [0.3, 0.4) is 0 Å². The lowest BCUT2D eigenvalue weighted by Gasteiger charge is -2.21. The third-order valence-electron chi connectivity index (χ3n) is 6.54. The van der Waals surface area contributed by atoms with Crippen LogP contribution in [0, 0.1) is 0 Å². The van der Waals surface area contributed by atoms with Crippen LogP contribution >= 0.6 is 0 Å². The molecule has 0 unspecified atom stereocenters. The minimum atomic E-state index is -3.82. The first-order chi connectivity index (χ1) is 18.0. The fraction of sp³-hybridized carbons (Fsp3) is 0.207. The predicted octanol–water partition coefficient (Wildman–Crippen LogP) is 6.48. The number of ketones is 1. The van der Waals surface area contributed by atoms with E-state index in [9.17, 15) is 13.2 Å². The van der Waals surface area contributed by atoms with Crippen LogP contribution in [0.5, 0.6) is 0 Å². The van der Waals surface area contributed by atoms with Crippen molar-refractivity contribution in [2.45, 2.75) is 42.9 Å². The maximum Gasteiger partial charge on any atom is 0.264 e. The van der Waals surface area contributed by atoms with Crippen LogP contribution in [0.4, 0.5) is 5.95 Å². The number of carbonyl (C=O) groups excluding carboxylic acids is 1. The topological polar surface area (TPSA) is 102 Å². The molecule has 0 bridgehead atoms. The lowest BCUT2D eigenvalue weighted by atomic mass is 9.84. The Morgan fingerprint density at radius 1 is 0.892 bits per heavy atom. The van der Waals surface area contributed by atoms with Crippen LogP contribution in [-0.4, -0.2) is 24.2 Å². The van der Waals surface area contributed by atoms with Crippen LogP contribution in [0.15, 0.2) is 94.5 Å². The number of nitrogens with zero attached hydrogens (tertiary/aromatic N) is 2. The Bertz CT molecular complexity index is 1490. The molecule has 7 nitrogen and oxygen atoms in total. The van der Waals surface area contributed by atoms with E-state index < -0.39 is 10.0 Å². The second-order valence-corrected chi connectivity index (χ2v) is 10.7. The molecule has 0 saturated heterocycles. The van der Waals surface area contributed by atoms with Gasteiger partial charge in [0.25, 0.3) is 10.0 Å². The van der Waals surface area contributed by atoms with Gasteiger partial charge in [-0.15, -0.1) is 0 Å². The SMILES string of the molecule is O=C(/C=C/c1ccc(-c2ccc(S(=O)(=O)Nc3ncccn3)cc2)o1)c1ccc(C2CCCCC2)cc1. The van der Waals surface area contributed by atoms with E-state index >= 15 is 0 Å². The second kappa shape index (κ2) is 10.9. The molecule has 1 fully saturated rings. The van der Waals surface area contributed by atoms with Gasteiger partial charge in [0, 0.05) is 23.5 Å². The van der Waals surface area contributed by atoms with Gasteiger partial charge in [-0.25, -0.2) is 23.1 Å². The Kier molecular flexibility index (Phi) is 7.28. The Hall–Kier alpha value is -4.04. The molecule has 8 heteroatoms. The van der Waals surface area contributed by atoms with Gasteiger partial charge in [0.1, 0.15) is 11.5 Å². The summed E-state index contributed by atoms with van der Waals surface area (Å²) in [5.41, 5.74) is 2.67. The lowest BCUT2D eigenvalue weighted by Crippen LogP contribution is -2.14. The summed E-state index contributed by atoms with van der Waals surface area (Å²) in [6.07, 6.45) is 12.4. The number of furan rings is 1. The maximum atomic E-state index is 12.6. The number of anilines is 1. The molecule has 0 aliphatic heterocycles. The fourth-order valence-corrected chi connectivity index (χ4v) is 5.49. The standard InChI is InChI=1S/C29H27N3O4S/c33-27(23-9-7-22(8-10-23)21-5-2-1-3-6-21)17-13-25-14-18-28(36-25)24-11-15-26(16-12-24)37(34,35)32-29-30-19-4-20-31-29/h4,7-21H,1-3,5-6H2,(H,30,31,32)/b17-13+. The first kappa shape index (κ1) is 24.6. The molecule has 0 radical (unpaired) electrons. The van der Waals surface area contributed by atoms with Gasteiger partial charge in [-0.05, 0) is 78.9 Å². The molecule has 1 N–H and O–H groups in total. The molecule has 2 aromatic carbocycles. The zero-order chi connectivity index (χ0) is 25.7. The summed E-state index contributed by atoms with van der Waals surface area (Å²) >= 11 is 0. The van der Waals surface area contributed by atoms with Crippen molar-refractivity contribution in [3.05, 3.63) is 102 Å². The van der Waals surface area contributed by atoms with E-state index in [-0.39, 0.29) is 16.6 Å². The third-order valence-corrected chi connectivity index (χ3v) is 7.88. The Morgan fingerprint density at radius 2 is 1.59 bits per heavy atom. The van der Waals surface area contributed by atoms with E-state index in [0.717, 1.165) is 0 Å². The van der Waals surface area contributed by atoms with Crippen LogP contribution < -0.4 is 4.72 Å². The number of benzene rings is 2. The molecular formula is C29H27N3O4S. The number of nitrogens with one attached hydrogen (secondary N) is 1. The Balaban J connectivity index is 1.22. The fourth-order valence-electron chi connectivity index (χ4n) is 4.54. The van der Waals surface area contributed by atoms with E-state index in [0.29, 0.717) is 28.6 Å². The number of rotatable bonds is 8. The van der Waals surface area contributed by atoms with Gasteiger partial charge in [0.15, 0.2) is 5.78 Å². The molecule has 2 aromatic heterocycles. The van der Waals surface area contributed by atoms with Gasteiger partial charge in [0.05, 0.1) is 4.90 Å².